The summed E-state index contributed by atoms with van der Waals surface area (Å²) in [5.74, 6) is -0.0498. The third-order valence-corrected chi connectivity index (χ3v) is 2.30. The molecule has 84 valence electrons. The highest BCUT2D eigenvalue weighted by atomic mass is 16.3. The molecule has 0 aliphatic rings. The molecule has 0 rings (SSSR count). The van der Waals surface area contributed by atoms with Gasteiger partial charge in [0.15, 0.2) is 0 Å². The standard InChI is InChI=1S/C10H22N2O2/c1-4-8(3)11-6-10(14)12-9(5-2)7-13/h8-9,11,13H,4-7H2,1-3H3,(H,12,14)/t8?,9-/m1/s1. The van der Waals surface area contributed by atoms with E-state index >= 15 is 0 Å². The molecule has 0 aromatic carbocycles. The quantitative estimate of drug-likeness (QED) is 0.555. The Morgan fingerprint density at radius 3 is 2.43 bits per heavy atom. The number of amides is 1. The highest BCUT2D eigenvalue weighted by Crippen LogP contribution is 1.89. The SMILES string of the molecule is CCC(C)NCC(=O)N[C@H](CC)CO. The Hall–Kier alpha value is -0.610. The first-order chi connectivity index (χ1) is 6.63. The van der Waals surface area contributed by atoms with Crippen molar-refractivity contribution >= 4 is 5.91 Å². The van der Waals surface area contributed by atoms with E-state index in [0.29, 0.717) is 12.6 Å². The van der Waals surface area contributed by atoms with Crippen molar-refractivity contribution in [2.45, 2.75) is 45.7 Å². The summed E-state index contributed by atoms with van der Waals surface area (Å²) in [6.45, 7) is 6.37. The van der Waals surface area contributed by atoms with Crippen LogP contribution >= 0.6 is 0 Å². The Kier molecular flexibility index (Phi) is 7.42. The first kappa shape index (κ1) is 13.4. The van der Waals surface area contributed by atoms with Gasteiger partial charge in [-0.1, -0.05) is 13.8 Å². The lowest BCUT2D eigenvalue weighted by Gasteiger charge is -2.15. The van der Waals surface area contributed by atoms with Gasteiger partial charge in [-0.2, -0.15) is 0 Å². The van der Waals surface area contributed by atoms with Gasteiger partial charge < -0.3 is 15.7 Å². The van der Waals surface area contributed by atoms with Crippen molar-refractivity contribution in [1.29, 1.82) is 0 Å². The van der Waals surface area contributed by atoms with Gasteiger partial charge in [0.05, 0.1) is 19.2 Å². The second kappa shape index (κ2) is 7.76. The van der Waals surface area contributed by atoms with Gasteiger partial charge in [-0.3, -0.25) is 4.79 Å². The molecule has 0 fully saturated rings. The summed E-state index contributed by atoms with van der Waals surface area (Å²) in [6.07, 6.45) is 1.76. The molecule has 14 heavy (non-hydrogen) atoms. The number of nitrogens with one attached hydrogen (secondary N) is 2. The van der Waals surface area contributed by atoms with E-state index in [2.05, 4.69) is 17.6 Å². The van der Waals surface area contributed by atoms with E-state index in [1.165, 1.54) is 0 Å². The molecule has 0 saturated carbocycles. The van der Waals surface area contributed by atoms with Crippen LogP contribution < -0.4 is 10.6 Å². The van der Waals surface area contributed by atoms with E-state index < -0.39 is 0 Å². The van der Waals surface area contributed by atoms with Crippen molar-refractivity contribution in [3.05, 3.63) is 0 Å². The fourth-order valence-corrected chi connectivity index (χ4v) is 0.967. The average Bonchev–Trinajstić information content (AvgIpc) is 2.22. The topological polar surface area (TPSA) is 61.4 Å². The maximum atomic E-state index is 11.3. The smallest absolute Gasteiger partial charge is 0.234 e. The fourth-order valence-electron chi connectivity index (χ4n) is 0.967. The summed E-state index contributed by atoms with van der Waals surface area (Å²) >= 11 is 0. The minimum absolute atomic E-state index is 0.00553. The average molecular weight is 202 g/mol. The van der Waals surface area contributed by atoms with Crippen LogP contribution in [0.4, 0.5) is 0 Å². The number of carbonyl (C=O) groups excluding carboxylic acids is 1. The highest BCUT2D eigenvalue weighted by molar-refractivity contribution is 5.78. The normalized spacial score (nSPS) is 14.9. The van der Waals surface area contributed by atoms with Crippen LogP contribution in [0.2, 0.25) is 0 Å². The molecule has 0 aromatic rings. The molecule has 0 radical (unpaired) electrons. The molecule has 2 atom stereocenters. The predicted molar refractivity (Wildman–Crippen MR) is 57.1 cm³/mol. The van der Waals surface area contributed by atoms with E-state index in [1.807, 2.05) is 13.8 Å². The Balaban J connectivity index is 3.64. The molecule has 0 heterocycles. The predicted octanol–water partition coefficient (Wildman–Crippen LogP) is 0.262. The minimum Gasteiger partial charge on any atom is -0.394 e. The summed E-state index contributed by atoms with van der Waals surface area (Å²) in [4.78, 5) is 11.3. The first-order valence-corrected chi connectivity index (χ1v) is 5.27. The second-order valence-electron chi connectivity index (χ2n) is 3.55. The van der Waals surface area contributed by atoms with Crippen LogP contribution in [-0.2, 0) is 4.79 Å². The number of rotatable bonds is 7. The highest BCUT2D eigenvalue weighted by Gasteiger charge is 2.09. The Morgan fingerprint density at radius 2 is 2.00 bits per heavy atom. The lowest BCUT2D eigenvalue weighted by molar-refractivity contribution is -0.121. The molecule has 1 unspecified atom stereocenters. The van der Waals surface area contributed by atoms with E-state index in [1.54, 1.807) is 0 Å². The van der Waals surface area contributed by atoms with Gasteiger partial charge in [-0.25, -0.2) is 0 Å². The van der Waals surface area contributed by atoms with Crippen LogP contribution in [0.1, 0.15) is 33.6 Å². The molecule has 1 amide bonds. The Labute approximate surface area is 86.1 Å². The van der Waals surface area contributed by atoms with Crippen LogP contribution in [0, 0.1) is 0 Å². The second-order valence-corrected chi connectivity index (χ2v) is 3.55. The van der Waals surface area contributed by atoms with Crippen molar-refractivity contribution in [2.24, 2.45) is 0 Å². The van der Waals surface area contributed by atoms with E-state index in [0.717, 1.165) is 12.8 Å². The molecule has 0 aliphatic carbocycles. The van der Waals surface area contributed by atoms with Crippen molar-refractivity contribution in [3.63, 3.8) is 0 Å². The van der Waals surface area contributed by atoms with Crippen molar-refractivity contribution < 1.29 is 9.90 Å². The molecular weight excluding hydrogens is 180 g/mol. The number of aliphatic hydroxyl groups excluding tert-OH is 1. The zero-order chi connectivity index (χ0) is 11.0. The molecular formula is C10H22N2O2. The Morgan fingerprint density at radius 1 is 1.36 bits per heavy atom. The molecule has 4 heteroatoms. The van der Waals surface area contributed by atoms with E-state index in [9.17, 15) is 4.79 Å². The van der Waals surface area contributed by atoms with E-state index in [-0.39, 0.29) is 18.6 Å². The zero-order valence-corrected chi connectivity index (χ0v) is 9.34. The molecule has 4 nitrogen and oxygen atoms in total. The largest absolute Gasteiger partial charge is 0.394 e. The van der Waals surface area contributed by atoms with Crippen molar-refractivity contribution in [1.82, 2.24) is 10.6 Å². The van der Waals surface area contributed by atoms with Crippen LogP contribution in [-0.4, -0.2) is 36.2 Å². The monoisotopic (exact) mass is 202 g/mol. The van der Waals surface area contributed by atoms with Gasteiger partial charge >= 0.3 is 0 Å². The van der Waals surface area contributed by atoms with Gasteiger partial charge in [-0.15, -0.1) is 0 Å². The molecule has 0 bridgehead atoms. The van der Waals surface area contributed by atoms with Gasteiger partial charge in [0.2, 0.25) is 5.91 Å². The van der Waals surface area contributed by atoms with Gasteiger partial charge in [0, 0.05) is 6.04 Å². The lowest BCUT2D eigenvalue weighted by atomic mass is 10.2. The van der Waals surface area contributed by atoms with Crippen LogP contribution in [0.15, 0.2) is 0 Å². The van der Waals surface area contributed by atoms with Crippen LogP contribution in [0.5, 0.6) is 0 Å². The maximum absolute atomic E-state index is 11.3. The summed E-state index contributed by atoms with van der Waals surface area (Å²) in [6, 6.07) is 0.246. The molecule has 0 spiro atoms. The lowest BCUT2D eigenvalue weighted by Crippen LogP contribution is -2.43. The summed E-state index contributed by atoms with van der Waals surface area (Å²) in [7, 11) is 0. The number of aliphatic hydroxyl groups is 1. The summed E-state index contributed by atoms with van der Waals surface area (Å²) in [5.41, 5.74) is 0. The number of carbonyl (C=O) groups is 1. The maximum Gasteiger partial charge on any atom is 0.234 e. The van der Waals surface area contributed by atoms with Crippen LogP contribution in [0.25, 0.3) is 0 Å². The van der Waals surface area contributed by atoms with Gasteiger partial charge in [0.1, 0.15) is 0 Å². The van der Waals surface area contributed by atoms with E-state index in [4.69, 9.17) is 5.11 Å². The van der Waals surface area contributed by atoms with Crippen molar-refractivity contribution in [3.8, 4) is 0 Å². The third-order valence-electron chi connectivity index (χ3n) is 2.30. The molecule has 0 aliphatic heterocycles. The first-order valence-electron chi connectivity index (χ1n) is 5.27. The zero-order valence-electron chi connectivity index (χ0n) is 9.34. The van der Waals surface area contributed by atoms with Gasteiger partial charge in [0.25, 0.3) is 0 Å². The molecule has 0 saturated heterocycles. The number of hydrogen-bond donors (Lipinski definition) is 3. The minimum atomic E-state index is -0.110. The number of hydrogen-bond acceptors (Lipinski definition) is 3. The Bertz CT molecular complexity index is 158. The third kappa shape index (κ3) is 5.94. The molecule has 0 aromatic heterocycles. The summed E-state index contributed by atoms with van der Waals surface area (Å²) < 4.78 is 0. The fraction of sp³-hybridized carbons (Fsp3) is 0.900. The van der Waals surface area contributed by atoms with Crippen molar-refractivity contribution in [2.75, 3.05) is 13.2 Å². The van der Waals surface area contributed by atoms with Gasteiger partial charge in [-0.05, 0) is 19.8 Å². The van der Waals surface area contributed by atoms with Crippen LogP contribution in [0.3, 0.4) is 0 Å². The summed E-state index contributed by atoms with van der Waals surface area (Å²) in [5, 5.41) is 14.7. The molecule has 3 N–H and O–H groups in total.